The molecular weight excluding hydrogens is 326 g/mol. The standard InChI is InChI=1S/C18H27N3O2.ClH/c1-4-12(2)21-18(23)15-7-5-6-14(8-15)9-20-17(22)13(3)16-10-19-11-16;/h5-8,12-13,16,19H,4,9-11H2,1-3H3,(H,20,22)(H,21,23);1H. The van der Waals surface area contributed by atoms with Crippen molar-refractivity contribution in [1.82, 2.24) is 16.0 Å². The molecule has 0 saturated carbocycles. The first-order valence-corrected chi connectivity index (χ1v) is 8.39. The zero-order chi connectivity index (χ0) is 16.8. The summed E-state index contributed by atoms with van der Waals surface area (Å²) >= 11 is 0. The number of amides is 2. The third-order valence-corrected chi connectivity index (χ3v) is 4.58. The fourth-order valence-corrected chi connectivity index (χ4v) is 2.46. The molecule has 0 aromatic heterocycles. The van der Waals surface area contributed by atoms with Crippen LogP contribution in [0.1, 0.15) is 43.1 Å². The fourth-order valence-electron chi connectivity index (χ4n) is 2.46. The van der Waals surface area contributed by atoms with E-state index in [0.717, 1.165) is 25.1 Å². The molecule has 1 aromatic rings. The van der Waals surface area contributed by atoms with Crippen molar-refractivity contribution in [2.75, 3.05) is 13.1 Å². The molecule has 0 bridgehead atoms. The van der Waals surface area contributed by atoms with E-state index in [0.29, 0.717) is 18.0 Å². The lowest BCUT2D eigenvalue weighted by Gasteiger charge is -2.31. The highest BCUT2D eigenvalue weighted by molar-refractivity contribution is 5.94. The van der Waals surface area contributed by atoms with Crippen LogP contribution in [0.15, 0.2) is 24.3 Å². The van der Waals surface area contributed by atoms with Crippen molar-refractivity contribution in [3.8, 4) is 0 Å². The Morgan fingerprint density at radius 1 is 1.29 bits per heavy atom. The smallest absolute Gasteiger partial charge is 0.251 e. The summed E-state index contributed by atoms with van der Waals surface area (Å²) in [5, 5.41) is 9.11. The zero-order valence-electron chi connectivity index (χ0n) is 14.6. The van der Waals surface area contributed by atoms with Crippen molar-refractivity contribution in [1.29, 1.82) is 0 Å². The molecule has 3 N–H and O–H groups in total. The predicted octanol–water partition coefficient (Wildman–Crippen LogP) is 2.11. The lowest BCUT2D eigenvalue weighted by molar-refractivity contribution is -0.126. The number of carbonyl (C=O) groups excluding carboxylic acids is 2. The molecule has 24 heavy (non-hydrogen) atoms. The summed E-state index contributed by atoms with van der Waals surface area (Å²) in [7, 11) is 0. The molecule has 1 aromatic carbocycles. The number of benzene rings is 1. The van der Waals surface area contributed by atoms with Gasteiger partial charge in [0, 0.05) is 24.1 Å². The second kappa shape index (κ2) is 9.64. The molecule has 0 spiro atoms. The van der Waals surface area contributed by atoms with E-state index < -0.39 is 0 Å². The minimum absolute atomic E-state index is 0. The van der Waals surface area contributed by atoms with Gasteiger partial charge in [0.05, 0.1) is 0 Å². The van der Waals surface area contributed by atoms with Gasteiger partial charge in [-0.1, -0.05) is 26.0 Å². The fraction of sp³-hybridized carbons (Fsp3) is 0.556. The first-order chi connectivity index (χ1) is 11.0. The number of carbonyl (C=O) groups is 2. The maximum Gasteiger partial charge on any atom is 0.251 e. The Morgan fingerprint density at radius 3 is 2.58 bits per heavy atom. The monoisotopic (exact) mass is 353 g/mol. The number of hydrogen-bond acceptors (Lipinski definition) is 3. The predicted molar refractivity (Wildman–Crippen MR) is 98.3 cm³/mol. The van der Waals surface area contributed by atoms with Crippen LogP contribution in [0.5, 0.6) is 0 Å². The topological polar surface area (TPSA) is 70.2 Å². The molecule has 0 aliphatic carbocycles. The molecular formula is C18H28ClN3O2. The van der Waals surface area contributed by atoms with Gasteiger partial charge in [0.25, 0.3) is 5.91 Å². The lowest BCUT2D eigenvalue weighted by Crippen LogP contribution is -2.49. The molecule has 1 saturated heterocycles. The number of halogens is 1. The summed E-state index contributed by atoms with van der Waals surface area (Å²) in [5.41, 5.74) is 1.57. The highest BCUT2D eigenvalue weighted by atomic mass is 35.5. The van der Waals surface area contributed by atoms with E-state index in [-0.39, 0.29) is 36.2 Å². The first kappa shape index (κ1) is 20.5. The van der Waals surface area contributed by atoms with Crippen molar-refractivity contribution in [3.05, 3.63) is 35.4 Å². The van der Waals surface area contributed by atoms with Crippen LogP contribution in [-0.4, -0.2) is 30.9 Å². The van der Waals surface area contributed by atoms with Crippen molar-refractivity contribution in [3.63, 3.8) is 0 Å². The first-order valence-electron chi connectivity index (χ1n) is 8.39. The van der Waals surface area contributed by atoms with Crippen molar-refractivity contribution in [2.24, 2.45) is 11.8 Å². The molecule has 1 fully saturated rings. The number of rotatable bonds is 7. The van der Waals surface area contributed by atoms with E-state index in [1.54, 1.807) is 6.07 Å². The Hall–Kier alpha value is -1.59. The van der Waals surface area contributed by atoms with Crippen molar-refractivity contribution in [2.45, 2.75) is 39.8 Å². The van der Waals surface area contributed by atoms with Gasteiger partial charge in [-0.3, -0.25) is 9.59 Å². The molecule has 6 heteroatoms. The normalized spacial score (nSPS) is 16.3. The molecule has 2 amide bonds. The minimum atomic E-state index is -0.0681. The summed E-state index contributed by atoms with van der Waals surface area (Å²) in [6, 6.07) is 7.57. The summed E-state index contributed by atoms with van der Waals surface area (Å²) in [4.78, 5) is 24.3. The van der Waals surface area contributed by atoms with Crippen LogP contribution in [0.25, 0.3) is 0 Å². The van der Waals surface area contributed by atoms with Gasteiger partial charge in [-0.15, -0.1) is 12.4 Å². The summed E-state index contributed by atoms with van der Waals surface area (Å²) in [6.45, 7) is 8.28. The molecule has 2 unspecified atom stereocenters. The second-order valence-electron chi connectivity index (χ2n) is 6.41. The van der Waals surface area contributed by atoms with Crippen LogP contribution in [0, 0.1) is 11.8 Å². The van der Waals surface area contributed by atoms with Gasteiger partial charge in [-0.2, -0.15) is 0 Å². The zero-order valence-corrected chi connectivity index (χ0v) is 15.4. The van der Waals surface area contributed by atoms with E-state index in [1.165, 1.54) is 0 Å². The second-order valence-corrected chi connectivity index (χ2v) is 6.41. The minimum Gasteiger partial charge on any atom is -0.352 e. The van der Waals surface area contributed by atoms with Crippen LogP contribution in [0.3, 0.4) is 0 Å². The van der Waals surface area contributed by atoms with Gasteiger partial charge in [-0.05, 0) is 50.0 Å². The van der Waals surface area contributed by atoms with Crippen LogP contribution in [0.4, 0.5) is 0 Å². The van der Waals surface area contributed by atoms with E-state index in [9.17, 15) is 9.59 Å². The van der Waals surface area contributed by atoms with Crippen LogP contribution in [-0.2, 0) is 11.3 Å². The quantitative estimate of drug-likeness (QED) is 0.703. The Morgan fingerprint density at radius 2 is 2.00 bits per heavy atom. The lowest BCUT2D eigenvalue weighted by atomic mass is 9.88. The molecule has 1 heterocycles. The maximum absolute atomic E-state index is 12.1. The number of hydrogen-bond donors (Lipinski definition) is 3. The number of nitrogens with one attached hydrogen (secondary N) is 3. The Kier molecular flexibility index (Phi) is 8.22. The Bertz CT molecular complexity index is 561. The van der Waals surface area contributed by atoms with E-state index in [4.69, 9.17) is 0 Å². The van der Waals surface area contributed by atoms with E-state index >= 15 is 0 Å². The molecule has 0 radical (unpaired) electrons. The highest BCUT2D eigenvalue weighted by Crippen LogP contribution is 2.16. The average Bonchev–Trinajstić information content (AvgIpc) is 2.50. The van der Waals surface area contributed by atoms with E-state index in [2.05, 4.69) is 16.0 Å². The summed E-state index contributed by atoms with van der Waals surface area (Å²) in [6.07, 6.45) is 0.898. The molecule has 134 valence electrons. The molecule has 1 aliphatic heterocycles. The van der Waals surface area contributed by atoms with Crippen molar-refractivity contribution >= 4 is 24.2 Å². The van der Waals surface area contributed by atoms with Crippen molar-refractivity contribution < 1.29 is 9.59 Å². The summed E-state index contributed by atoms with van der Waals surface area (Å²) in [5.74, 6) is 0.461. The van der Waals surface area contributed by atoms with Crippen LogP contribution in [0.2, 0.25) is 0 Å². The molecule has 2 atom stereocenters. The molecule has 5 nitrogen and oxygen atoms in total. The largest absolute Gasteiger partial charge is 0.352 e. The van der Waals surface area contributed by atoms with Crippen LogP contribution < -0.4 is 16.0 Å². The summed E-state index contributed by atoms with van der Waals surface area (Å²) < 4.78 is 0. The average molecular weight is 354 g/mol. The van der Waals surface area contributed by atoms with Gasteiger partial charge >= 0.3 is 0 Å². The maximum atomic E-state index is 12.1. The Labute approximate surface area is 150 Å². The Balaban J connectivity index is 0.00000288. The molecule has 1 aliphatic rings. The highest BCUT2D eigenvalue weighted by Gasteiger charge is 2.28. The van der Waals surface area contributed by atoms with E-state index in [1.807, 2.05) is 39.0 Å². The van der Waals surface area contributed by atoms with Gasteiger partial charge < -0.3 is 16.0 Å². The van der Waals surface area contributed by atoms with Crippen LogP contribution >= 0.6 is 12.4 Å². The van der Waals surface area contributed by atoms with Gasteiger partial charge in [0.1, 0.15) is 0 Å². The third kappa shape index (κ3) is 5.49. The third-order valence-electron chi connectivity index (χ3n) is 4.58. The van der Waals surface area contributed by atoms with Gasteiger partial charge in [0.15, 0.2) is 0 Å². The van der Waals surface area contributed by atoms with Gasteiger partial charge in [0.2, 0.25) is 5.91 Å². The van der Waals surface area contributed by atoms with Gasteiger partial charge in [-0.25, -0.2) is 0 Å². The molecule has 2 rings (SSSR count). The SMILES string of the molecule is CCC(C)NC(=O)c1cccc(CNC(=O)C(C)C2CNC2)c1.Cl.